The van der Waals surface area contributed by atoms with Crippen LogP contribution in [0.2, 0.25) is 0 Å². The Bertz CT molecular complexity index is 552. The van der Waals surface area contributed by atoms with Crippen LogP contribution >= 0.6 is 0 Å². The van der Waals surface area contributed by atoms with Gasteiger partial charge in [-0.3, -0.25) is 10.1 Å². The number of nitriles is 1. The van der Waals surface area contributed by atoms with Crippen LogP contribution in [-0.2, 0) is 4.79 Å². The van der Waals surface area contributed by atoms with Crippen LogP contribution in [0.25, 0.3) is 0 Å². The molecule has 3 amide bonds. The van der Waals surface area contributed by atoms with Crippen molar-refractivity contribution in [1.29, 1.82) is 5.26 Å². The van der Waals surface area contributed by atoms with Crippen molar-refractivity contribution in [3.05, 3.63) is 23.8 Å². The fourth-order valence-electron chi connectivity index (χ4n) is 1.45. The first-order valence-electron chi connectivity index (χ1n) is 6.39. The van der Waals surface area contributed by atoms with Crippen molar-refractivity contribution in [3.63, 3.8) is 0 Å². The molecular weight excluding hydrogens is 274 g/mol. The molecule has 0 aliphatic rings. The van der Waals surface area contributed by atoms with E-state index in [0.29, 0.717) is 23.6 Å². The molecule has 0 aromatic heterocycles. The molecule has 7 heteroatoms. The van der Waals surface area contributed by atoms with Crippen LogP contribution < -0.4 is 20.1 Å². The second-order valence-corrected chi connectivity index (χ2v) is 4.07. The number of rotatable bonds is 6. The van der Waals surface area contributed by atoms with Crippen LogP contribution in [0.5, 0.6) is 11.5 Å². The third-order valence-electron chi connectivity index (χ3n) is 2.44. The molecule has 1 aromatic carbocycles. The van der Waals surface area contributed by atoms with Crippen molar-refractivity contribution in [3.8, 4) is 17.6 Å². The quantitative estimate of drug-likeness (QED) is 0.819. The highest BCUT2D eigenvalue weighted by Crippen LogP contribution is 2.27. The van der Waals surface area contributed by atoms with Crippen molar-refractivity contribution in [2.45, 2.75) is 13.3 Å². The van der Waals surface area contributed by atoms with Gasteiger partial charge >= 0.3 is 6.03 Å². The lowest BCUT2D eigenvalue weighted by atomic mass is 10.2. The molecule has 0 bridgehead atoms. The number of imide groups is 1. The lowest BCUT2D eigenvalue weighted by molar-refractivity contribution is -0.122. The molecule has 0 aliphatic heterocycles. The molecular formula is C14H17N3O4. The monoisotopic (exact) mass is 291 g/mol. The molecule has 1 rings (SSSR count). The molecule has 21 heavy (non-hydrogen) atoms. The second-order valence-electron chi connectivity index (χ2n) is 4.07. The molecule has 7 nitrogen and oxygen atoms in total. The maximum atomic E-state index is 11.5. The Morgan fingerprint density at radius 3 is 2.71 bits per heavy atom. The van der Waals surface area contributed by atoms with Gasteiger partial charge in [-0.25, -0.2) is 4.79 Å². The topological polar surface area (TPSA) is 100 Å². The van der Waals surface area contributed by atoms with E-state index in [-0.39, 0.29) is 6.61 Å². The number of carbonyl (C=O) groups is 2. The highest BCUT2D eigenvalue weighted by molar-refractivity contribution is 5.95. The first kappa shape index (κ1) is 16.3. The van der Waals surface area contributed by atoms with E-state index in [1.165, 1.54) is 19.2 Å². The van der Waals surface area contributed by atoms with Crippen molar-refractivity contribution >= 4 is 11.9 Å². The summed E-state index contributed by atoms with van der Waals surface area (Å²) < 4.78 is 10.3. The largest absolute Gasteiger partial charge is 0.493 e. The van der Waals surface area contributed by atoms with Crippen LogP contribution in [0, 0.1) is 11.3 Å². The summed E-state index contributed by atoms with van der Waals surface area (Å²) >= 11 is 0. The van der Waals surface area contributed by atoms with E-state index in [1.807, 2.05) is 13.0 Å². The Hall–Kier alpha value is -2.75. The number of hydrogen-bond acceptors (Lipinski definition) is 5. The maximum absolute atomic E-state index is 11.5. The third kappa shape index (κ3) is 5.40. The third-order valence-corrected chi connectivity index (χ3v) is 2.44. The predicted molar refractivity (Wildman–Crippen MR) is 75.0 cm³/mol. The van der Waals surface area contributed by atoms with Crippen LogP contribution in [-0.4, -0.2) is 32.2 Å². The molecule has 0 saturated carbocycles. The summed E-state index contributed by atoms with van der Waals surface area (Å²) in [5.41, 5.74) is 0.419. The van der Waals surface area contributed by atoms with Gasteiger partial charge in [-0.15, -0.1) is 0 Å². The Morgan fingerprint density at radius 1 is 1.33 bits per heavy atom. The normalized spacial score (nSPS) is 9.38. The predicted octanol–water partition coefficient (Wildman–Crippen LogP) is 1.18. The molecule has 0 unspecified atom stereocenters. The van der Waals surface area contributed by atoms with Gasteiger partial charge in [0, 0.05) is 12.6 Å². The van der Waals surface area contributed by atoms with Gasteiger partial charge in [-0.1, -0.05) is 6.92 Å². The van der Waals surface area contributed by atoms with E-state index in [1.54, 1.807) is 6.07 Å². The van der Waals surface area contributed by atoms with Crippen molar-refractivity contribution in [1.82, 2.24) is 10.6 Å². The van der Waals surface area contributed by atoms with E-state index >= 15 is 0 Å². The van der Waals surface area contributed by atoms with Crippen LogP contribution in [0.15, 0.2) is 18.2 Å². The number of benzene rings is 1. The molecule has 0 atom stereocenters. The fourth-order valence-corrected chi connectivity index (χ4v) is 1.45. The molecule has 1 aromatic rings. The highest BCUT2D eigenvalue weighted by Gasteiger charge is 2.10. The van der Waals surface area contributed by atoms with E-state index in [9.17, 15) is 9.59 Å². The Labute approximate surface area is 122 Å². The van der Waals surface area contributed by atoms with Gasteiger partial charge in [0.2, 0.25) is 0 Å². The number of ether oxygens (including phenoxy) is 2. The average molecular weight is 291 g/mol. The SMILES string of the molecule is CCCNC(=O)NC(=O)COc1ccc(C#N)cc1OC. The van der Waals surface area contributed by atoms with E-state index < -0.39 is 11.9 Å². The summed E-state index contributed by atoms with van der Waals surface area (Å²) in [6.45, 7) is 2.06. The Balaban J connectivity index is 2.53. The van der Waals surface area contributed by atoms with Gasteiger partial charge in [0.1, 0.15) is 0 Å². The maximum Gasteiger partial charge on any atom is 0.321 e. The van der Waals surface area contributed by atoms with Crippen molar-refractivity contribution < 1.29 is 19.1 Å². The van der Waals surface area contributed by atoms with Crippen LogP contribution in [0.4, 0.5) is 4.79 Å². The average Bonchev–Trinajstić information content (AvgIpc) is 2.50. The second kappa shape index (κ2) is 8.43. The molecule has 0 saturated heterocycles. The van der Waals surface area contributed by atoms with E-state index in [4.69, 9.17) is 14.7 Å². The molecule has 0 heterocycles. The summed E-state index contributed by atoms with van der Waals surface area (Å²) in [6.07, 6.45) is 0.778. The highest BCUT2D eigenvalue weighted by atomic mass is 16.5. The molecule has 112 valence electrons. The number of methoxy groups -OCH3 is 1. The molecule has 0 aliphatic carbocycles. The summed E-state index contributed by atoms with van der Waals surface area (Å²) in [7, 11) is 1.43. The zero-order valence-electron chi connectivity index (χ0n) is 11.9. The minimum Gasteiger partial charge on any atom is -0.493 e. The molecule has 0 fully saturated rings. The molecule has 2 N–H and O–H groups in total. The number of carbonyl (C=O) groups excluding carboxylic acids is 2. The van der Waals surface area contributed by atoms with E-state index in [0.717, 1.165) is 6.42 Å². The number of hydrogen-bond donors (Lipinski definition) is 2. The summed E-state index contributed by atoms with van der Waals surface area (Å²) in [6, 6.07) is 5.99. The summed E-state index contributed by atoms with van der Waals surface area (Å²) in [5.74, 6) is 0.0907. The van der Waals surface area contributed by atoms with Crippen LogP contribution in [0.3, 0.4) is 0 Å². The van der Waals surface area contributed by atoms with Gasteiger partial charge in [0.15, 0.2) is 18.1 Å². The zero-order chi connectivity index (χ0) is 15.7. The number of urea groups is 1. The van der Waals surface area contributed by atoms with Crippen molar-refractivity contribution in [2.24, 2.45) is 0 Å². The lowest BCUT2D eigenvalue weighted by Gasteiger charge is -2.10. The van der Waals surface area contributed by atoms with Crippen LogP contribution in [0.1, 0.15) is 18.9 Å². The number of amides is 3. The lowest BCUT2D eigenvalue weighted by Crippen LogP contribution is -2.41. The Morgan fingerprint density at radius 2 is 2.10 bits per heavy atom. The van der Waals surface area contributed by atoms with Gasteiger partial charge in [-0.05, 0) is 18.6 Å². The van der Waals surface area contributed by atoms with Gasteiger partial charge in [0.05, 0.1) is 18.7 Å². The number of nitrogens with one attached hydrogen (secondary N) is 2. The summed E-state index contributed by atoms with van der Waals surface area (Å²) in [5, 5.41) is 13.4. The minimum absolute atomic E-state index is 0.320. The first-order valence-corrected chi connectivity index (χ1v) is 6.39. The molecule has 0 spiro atoms. The van der Waals surface area contributed by atoms with Gasteiger partial charge in [0.25, 0.3) is 5.91 Å². The Kier molecular flexibility index (Phi) is 6.54. The van der Waals surface area contributed by atoms with E-state index in [2.05, 4.69) is 10.6 Å². The van der Waals surface area contributed by atoms with Gasteiger partial charge in [-0.2, -0.15) is 5.26 Å². The van der Waals surface area contributed by atoms with Gasteiger partial charge < -0.3 is 14.8 Å². The smallest absolute Gasteiger partial charge is 0.321 e. The van der Waals surface area contributed by atoms with Crippen molar-refractivity contribution in [2.75, 3.05) is 20.3 Å². The standard InChI is InChI=1S/C14H17N3O4/c1-3-6-16-14(19)17-13(18)9-21-11-5-4-10(8-15)7-12(11)20-2/h4-5,7H,3,6,9H2,1-2H3,(H2,16,17,18,19). The summed E-state index contributed by atoms with van der Waals surface area (Å²) in [4.78, 5) is 22.8. The zero-order valence-corrected chi connectivity index (χ0v) is 11.9. The first-order chi connectivity index (χ1) is 10.1. The minimum atomic E-state index is -0.574. The molecule has 0 radical (unpaired) electrons. The fraction of sp³-hybridized carbons (Fsp3) is 0.357. The number of nitrogens with zero attached hydrogens (tertiary/aromatic N) is 1.